The summed E-state index contributed by atoms with van der Waals surface area (Å²) in [5.41, 5.74) is 7.34. The molecule has 0 bridgehead atoms. The third-order valence-corrected chi connectivity index (χ3v) is 2.85. The average Bonchev–Trinajstić information content (AvgIpc) is 2.46. The molecule has 1 heterocycles. The Balaban J connectivity index is 2.26. The molecule has 1 aromatic heterocycles. The highest BCUT2D eigenvalue weighted by molar-refractivity contribution is 6.08. The Morgan fingerprint density at radius 2 is 1.95 bits per heavy atom. The van der Waals surface area contributed by atoms with E-state index in [4.69, 9.17) is 10.5 Å². The maximum Gasteiger partial charge on any atom is 0.261 e. The molecule has 0 spiro atoms. The van der Waals surface area contributed by atoms with Gasteiger partial charge in [0, 0.05) is 30.8 Å². The topological polar surface area (TPSA) is 68.5 Å². The molecule has 0 fully saturated rings. The Kier molecular flexibility index (Phi) is 3.66. The summed E-state index contributed by atoms with van der Waals surface area (Å²) >= 11 is 0. The summed E-state index contributed by atoms with van der Waals surface area (Å²) in [5.74, 6) is 0.543. The van der Waals surface area contributed by atoms with E-state index in [2.05, 4.69) is 4.98 Å². The Morgan fingerprint density at radius 1 is 1.26 bits per heavy atom. The van der Waals surface area contributed by atoms with Crippen LogP contribution in [-0.4, -0.2) is 25.0 Å². The normalized spacial score (nSPS) is 10.0. The first-order valence-electron chi connectivity index (χ1n) is 5.75. The highest BCUT2D eigenvalue weighted by Gasteiger charge is 2.16. The third kappa shape index (κ3) is 2.65. The second-order valence-corrected chi connectivity index (χ2v) is 4.03. The van der Waals surface area contributed by atoms with Crippen molar-refractivity contribution in [3.05, 3.63) is 48.3 Å². The van der Waals surface area contributed by atoms with E-state index in [1.807, 2.05) is 12.1 Å². The molecule has 0 unspecified atom stereocenters. The molecule has 2 rings (SSSR count). The molecular formula is C14H15N3O2. The van der Waals surface area contributed by atoms with Crippen molar-refractivity contribution in [1.82, 2.24) is 4.98 Å². The maximum absolute atomic E-state index is 12.3. The van der Waals surface area contributed by atoms with E-state index < -0.39 is 0 Å². The fourth-order valence-electron chi connectivity index (χ4n) is 1.69. The Morgan fingerprint density at radius 3 is 2.53 bits per heavy atom. The van der Waals surface area contributed by atoms with E-state index in [1.165, 1.54) is 11.1 Å². The molecule has 0 atom stereocenters. The molecule has 2 N–H and O–H groups in total. The van der Waals surface area contributed by atoms with Crippen molar-refractivity contribution in [2.75, 3.05) is 24.8 Å². The number of benzene rings is 1. The van der Waals surface area contributed by atoms with Crippen molar-refractivity contribution in [3.8, 4) is 5.75 Å². The highest BCUT2D eigenvalue weighted by atomic mass is 16.5. The van der Waals surface area contributed by atoms with Gasteiger partial charge in [0.15, 0.2) is 0 Å². The Hall–Kier alpha value is -2.56. The Bertz CT molecular complexity index is 581. The molecular weight excluding hydrogens is 242 g/mol. The minimum absolute atomic E-state index is 0.198. The minimum atomic E-state index is -0.198. The van der Waals surface area contributed by atoms with Crippen molar-refractivity contribution >= 4 is 17.3 Å². The van der Waals surface area contributed by atoms with E-state index in [0.29, 0.717) is 11.3 Å². The summed E-state index contributed by atoms with van der Waals surface area (Å²) in [6.45, 7) is 0. The lowest BCUT2D eigenvalue weighted by atomic mass is 10.2. The molecule has 0 saturated carbocycles. The van der Waals surface area contributed by atoms with Gasteiger partial charge in [-0.1, -0.05) is 0 Å². The molecule has 0 saturated heterocycles. The van der Waals surface area contributed by atoms with E-state index >= 15 is 0 Å². The molecule has 0 aliphatic heterocycles. The van der Waals surface area contributed by atoms with Gasteiger partial charge < -0.3 is 15.4 Å². The zero-order chi connectivity index (χ0) is 13.8. The second kappa shape index (κ2) is 5.39. The SMILES string of the molecule is COc1ccc(N(C)C(=O)c2cnccc2N)cc1. The van der Waals surface area contributed by atoms with Crippen LogP contribution in [0.25, 0.3) is 0 Å². The predicted octanol–water partition coefficient (Wildman–Crippen LogP) is 1.95. The van der Waals surface area contributed by atoms with Crippen LogP contribution in [0.1, 0.15) is 10.4 Å². The second-order valence-electron chi connectivity index (χ2n) is 4.03. The first kappa shape index (κ1) is 12.9. The number of methoxy groups -OCH3 is 1. The summed E-state index contributed by atoms with van der Waals surface area (Å²) in [6, 6.07) is 8.82. The fraction of sp³-hybridized carbons (Fsp3) is 0.143. The van der Waals surface area contributed by atoms with Gasteiger partial charge in [0.1, 0.15) is 5.75 Å². The number of carbonyl (C=O) groups is 1. The van der Waals surface area contributed by atoms with Crippen molar-refractivity contribution in [2.45, 2.75) is 0 Å². The number of aromatic nitrogens is 1. The first-order chi connectivity index (χ1) is 9.13. The van der Waals surface area contributed by atoms with Gasteiger partial charge in [0.2, 0.25) is 0 Å². The molecule has 98 valence electrons. The molecule has 1 aromatic carbocycles. The van der Waals surface area contributed by atoms with Crippen LogP contribution >= 0.6 is 0 Å². The Labute approximate surface area is 111 Å². The summed E-state index contributed by atoms with van der Waals surface area (Å²) in [4.78, 5) is 17.7. The van der Waals surface area contributed by atoms with Crippen LogP contribution in [-0.2, 0) is 0 Å². The lowest BCUT2D eigenvalue weighted by molar-refractivity contribution is 0.0993. The van der Waals surface area contributed by atoms with Gasteiger partial charge in [-0.25, -0.2) is 0 Å². The number of amides is 1. The fourth-order valence-corrected chi connectivity index (χ4v) is 1.69. The van der Waals surface area contributed by atoms with Gasteiger partial charge in [-0.05, 0) is 30.3 Å². The van der Waals surface area contributed by atoms with E-state index in [0.717, 1.165) is 11.4 Å². The number of pyridine rings is 1. The zero-order valence-corrected chi connectivity index (χ0v) is 10.8. The summed E-state index contributed by atoms with van der Waals surface area (Å²) in [7, 11) is 3.29. The number of ether oxygens (including phenoxy) is 1. The molecule has 0 radical (unpaired) electrons. The van der Waals surface area contributed by atoms with Crippen LogP contribution in [0.4, 0.5) is 11.4 Å². The number of nitrogen functional groups attached to an aromatic ring is 1. The quantitative estimate of drug-likeness (QED) is 0.912. The molecule has 5 nitrogen and oxygen atoms in total. The number of anilines is 2. The standard InChI is InChI=1S/C14H15N3O2/c1-17(10-3-5-11(19-2)6-4-10)14(18)12-9-16-8-7-13(12)15/h3-9H,1-2H3,(H2,15,16). The summed E-state index contributed by atoms with van der Waals surface area (Å²) < 4.78 is 5.08. The molecule has 1 amide bonds. The number of hydrogen-bond donors (Lipinski definition) is 1. The van der Waals surface area contributed by atoms with Gasteiger partial charge in [-0.3, -0.25) is 9.78 Å². The van der Waals surface area contributed by atoms with Crippen LogP contribution in [0, 0.1) is 0 Å². The van der Waals surface area contributed by atoms with Gasteiger partial charge in [0.05, 0.1) is 12.7 Å². The van der Waals surface area contributed by atoms with Crippen LogP contribution in [0.15, 0.2) is 42.7 Å². The third-order valence-electron chi connectivity index (χ3n) is 2.85. The van der Waals surface area contributed by atoms with Gasteiger partial charge in [0.25, 0.3) is 5.91 Å². The number of hydrogen-bond acceptors (Lipinski definition) is 4. The van der Waals surface area contributed by atoms with Crippen LogP contribution in [0.5, 0.6) is 5.75 Å². The maximum atomic E-state index is 12.3. The van der Waals surface area contributed by atoms with E-state index in [9.17, 15) is 4.79 Å². The lowest BCUT2D eigenvalue weighted by Crippen LogP contribution is -2.27. The number of nitrogens with zero attached hydrogens (tertiary/aromatic N) is 2. The summed E-state index contributed by atoms with van der Waals surface area (Å²) in [5, 5.41) is 0. The number of rotatable bonds is 3. The summed E-state index contributed by atoms with van der Waals surface area (Å²) in [6.07, 6.45) is 3.02. The molecule has 0 aliphatic carbocycles. The highest BCUT2D eigenvalue weighted by Crippen LogP contribution is 2.21. The van der Waals surface area contributed by atoms with Gasteiger partial charge >= 0.3 is 0 Å². The van der Waals surface area contributed by atoms with Crippen molar-refractivity contribution < 1.29 is 9.53 Å². The molecule has 5 heteroatoms. The lowest BCUT2D eigenvalue weighted by Gasteiger charge is -2.18. The van der Waals surface area contributed by atoms with Crippen molar-refractivity contribution in [2.24, 2.45) is 0 Å². The zero-order valence-electron chi connectivity index (χ0n) is 10.8. The minimum Gasteiger partial charge on any atom is -0.497 e. The molecule has 0 aliphatic rings. The average molecular weight is 257 g/mol. The van der Waals surface area contributed by atoms with E-state index in [1.54, 1.807) is 38.6 Å². The predicted molar refractivity (Wildman–Crippen MR) is 74.4 cm³/mol. The van der Waals surface area contributed by atoms with Gasteiger partial charge in [-0.15, -0.1) is 0 Å². The number of carbonyl (C=O) groups excluding carboxylic acids is 1. The number of nitrogens with two attached hydrogens (primary N) is 1. The van der Waals surface area contributed by atoms with Crippen LogP contribution in [0.2, 0.25) is 0 Å². The van der Waals surface area contributed by atoms with Crippen LogP contribution < -0.4 is 15.4 Å². The van der Waals surface area contributed by atoms with Gasteiger partial charge in [-0.2, -0.15) is 0 Å². The first-order valence-corrected chi connectivity index (χ1v) is 5.75. The smallest absolute Gasteiger partial charge is 0.261 e. The van der Waals surface area contributed by atoms with Crippen molar-refractivity contribution in [1.29, 1.82) is 0 Å². The van der Waals surface area contributed by atoms with Crippen LogP contribution in [0.3, 0.4) is 0 Å². The van der Waals surface area contributed by atoms with E-state index in [-0.39, 0.29) is 5.91 Å². The molecule has 2 aromatic rings. The monoisotopic (exact) mass is 257 g/mol. The van der Waals surface area contributed by atoms with Crippen molar-refractivity contribution in [3.63, 3.8) is 0 Å². The largest absolute Gasteiger partial charge is 0.497 e. The molecule has 19 heavy (non-hydrogen) atoms.